The molecule has 0 saturated carbocycles. The second-order valence-electron chi connectivity index (χ2n) is 2.58. The van der Waals surface area contributed by atoms with Crippen molar-refractivity contribution in [3.8, 4) is 0 Å². The molecular formula is C9H4Br2IN. The quantitative estimate of drug-likeness (QED) is 0.586. The lowest BCUT2D eigenvalue weighted by molar-refractivity contribution is 1.37. The third-order valence-corrected chi connectivity index (χ3v) is 4.38. The molecule has 66 valence electrons. The van der Waals surface area contributed by atoms with Gasteiger partial charge in [0.15, 0.2) is 0 Å². The first-order chi connectivity index (χ1) is 6.18. The van der Waals surface area contributed by atoms with E-state index in [1.807, 2.05) is 6.07 Å². The molecule has 0 radical (unpaired) electrons. The summed E-state index contributed by atoms with van der Waals surface area (Å²) in [5, 5.41) is 1.14. The SMILES string of the molecule is Brc1cnc2ccc(I)cc2c1Br. The zero-order valence-corrected chi connectivity index (χ0v) is 11.7. The fraction of sp³-hybridized carbons (Fsp3) is 0. The van der Waals surface area contributed by atoms with Crippen molar-refractivity contribution in [2.75, 3.05) is 0 Å². The molecule has 0 fully saturated rings. The molecule has 4 heteroatoms. The van der Waals surface area contributed by atoms with E-state index in [1.54, 1.807) is 6.20 Å². The van der Waals surface area contributed by atoms with Crippen molar-refractivity contribution in [2.24, 2.45) is 0 Å². The summed E-state index contributed by atoms with van der Waals surface area (Å²) in [4.78, 5) is 4.30. The van der Waals surface area contributed by atoms with Crippen molar-refractivity contribution in [3.63, 3.8) is 0 Å². The molecule has 0 amide bonds. The molecule has 1 nitrogen and oxygen atoms in total. The molecule has 1 heterocycles. The molecule has 2 rings (SSSR count). The first kappa shape index (κ1) is 9.86. The summed E-state index contributed by atoms with van der Waals surface area (Å²) >= 11 is 9.25. The number of aromatic nitrogens is 1. The van der Waals surface area contributed by atoms with E-state index in [0.29, 0.717) is 0 Å². The summed E-state index contributed by atoms with van der Waals surface area (Å²) in [5.74, 6) is 0. The zero-order chi connectivity index (χ0) is 9.42. The molecule has 13 heavy (non-hydrogen) atoms. The number of rotatable bonds is 0. The van der Waals surface area contributed by atoms with Gasteiger partial charge in [-0.15, -0.1) is 0 Å². The average molecular weight is 413 g/mol. The van der Waals surface area contributed by atoms with Crippen LogP contribution in [-0.4, -0.2) is 4.98 Å². The lowest BCUT2D eigenvalue weighted by Crippen LogP contribution is -1.82. The van der Waals surface area contributed by atoms with Crippen LogP contribution >= 0.6 is 54.5 Å². The van der Waals surface area contributed by atoms with Gasteiger partial charge in [0.1, 0.15) is 0 Å². The Morgan fingerprint density at radius 3 is 2.77 bits per heavy atom. The predicted octanol–water partition coefficient (Wildman–Crippen LogP) is 4.36. The van der Waals surface area contributed by atoms with Gasteiger partial charge < -0.3 is 0 Å². The van der Waals surface area contributed by atoms with E-state index in [9.17, 15) is 0 Å². The summed E-state index contributed by atoms with van der Waals surface area (Å²) in [5.41, 5.74) is 1.01. The summed E-state index contributed by atoms with van der Waals surface area (Å²) < 4.78 is 3.27. The minimum absolute atomic E-state index is 0.988. The van der Waals surface area contributed by atoms with Gasteiger partial charge in [-0.1, -0.05) is 0 Å². The van der Waals surface area contributed by atoms with E-state index < -0.39 is 0 Å². The number of pyridine rings is 1. The van der Waals surface area contributed by atoms with Gasteiger partial charge in [-0.3, -0.25) is 4.98 Å². The van der Waals surface area contributed by atoms with Gasteiger partial charge in [-0.05, 0) is 72.6 Å². The third kappa shape index (κ3) is 1.89. The van der Waals surface area contributed by atoms with Gasteiger partial charge in [0.05, 0.1) is 9.99 Å². The van der Waals surface area contributed by atoms with Crippen LogP contribution in [0.3, 0.4) is 0 Å². The molecule has 1 aromatic carbocycles. The maximum absolute atomic E-state index is 4.30. The normalized spacial score (nSPS) is 10.7. The van der Waals surface area contributed by atoms with Crippen LogP contribution in [0.5, 0.6) is 0 Å². The van der Waals surface area contributed by atoms with Gasteiger partial charge in [-0.2, -0.15) is 0 Å². The van der Waals surface area contributed by atoms with Crippen LogP contribution < -0.4 is 0 Å². The fourth-order valence-electron chi connectivity index (χ4n) is 1.11. The molecule has 0 aliphatic carbocycles. The Hall–Kier alpha value is 0.320. The lowest BCUT2D eigenvalue weighted by atomic mass is 10.2. The Labute approximate surface area is 106 Å². The topological polar surface area (TPSA) is 12.9 Å². The van der Waals surface area contributed by atoms with Gasteiger partial charge in [0, 0.05) is 19.6 Å². The number of nitrogens with zero attached hydrogens (tertiary/aromatic N) is 1. The summed E-state index contributed by atoms with van der Waals surface area (Å²) in [7, 11) is 0. The van der Waals surface area contributed by atoms with Crippen molar-refractivity contribution >= 4 is 65.4 Å². The Morgan fingerprint density at radius 2 is 2.00 bits per heavy atom. The molecule has 0 unspecified atom stereocenters. The fourth-order valence-corrected chi connectivity index (χ4v) is 2.34. The second-order valence-corrected chi connectivity index (χ2v) is 5.47. The largest absolute Gasteiger partial charge is 0.255 e. The number of hydrogen-bond donors (Lipinski definition) is 0. The molecule has 0 atom stereocenters. The van der Waals surface area contributed by atoms with Crippen molar-refractivity contribution < 1.29 is 0 Å². The Balaban J connectivity index is 2.89. The number of benzene rings is 1. The molecule has 0 N–H and O–H groups in total. The van der Waals surface area contributed by atoms with Gasteiger partial charge in [-0.25, -0.2) is 0 Å². The molecule has 2 aromatic rings. The lowest BCUT2D eigenvalue weighted by Gasteiger charge is -2.02. The van der Waals surface area contributed by atoms with E-state index in [4.69, 9.17) is 0 Å². The average Bonchev–Trinajstić information content (AvgIpc) is 2.12. The van der Waals surface area contributed by atoms with Gasteiger partial charge in [0.2, 0.25) is 0 Å². The van der Waals surface area contributed by atoms with E-state index in [-0.39, 0.29) is 0 Å². The molecule has 1 aromatic heterocycles. The molecule has 0 saturated heterocycles. The maximum Gasteiger partial charge on any atom is 0.0714 e. The minimum atomic E-state index is 0.988. The van der Waals surface area contributed by atoms with E-state index in [2.05, 4.69) is 71.6 Å². The first-order valence-corrected chi connectivity index (χ1v) is 6.24. The molecule has 0 aliphatic heterocycles. The summed E-state index contributed by atoms with van der Waals surface area (Å²) in [6, 6.07) is 6.18. The summed E-state index contributed by atoms with van der Waals surface area (Å²) in [6.07, 6.45) is 1.80. The van der Waals surface area contributed by atoms with Crippen LogP contribution in [-0.2, 0) is 0 Å². The Bertz CT molecular complexity index is 465. The van der Waals surface area contributed by atoms with Crippen LogP contribution in [0.25, 0.3) is 10.9 Å². The second kappa shape index (κ2) is 3.82. The zero-order valence-electron chi connectivity index (χ0n) is 6.39. The van der Waals surface area contributed by atoms with Crippen LogP contribution in [0.2, 0.25) is 0 Å². The summed E-state index contributed by atoms with van der Waals surface area (Å²) in [6.45, 7) is 0. The highest BCUT2D eigenvalue weighted by Gasteiger charge is 2.03. The van der Waals surface area contributed by atoms with Crippen molar-refractivity contribution in [1.29, 1.82) is 0 Å². The van der Waals surface area contributed by atoms with E-state index >= 15 is 0 Å². The van der Waals surface area contributed by atoms with E-state index in [1.165, 1.54) is 3.57 Å². The number of fused-ring (bicyclic) bond motifs is 1. The highest BCUT2D eigenvalue weighted by atomic mass is 127. The number of halogens is 3. The molecule has 0 bridgehead atoms. The highest BCUT2D eigenvalue weighted by molar-refractivity contribution is 14.1. The monoisotopic (exact) mass is 411 g/mol. The number of hydrogen-bond acceptors (Lipinski definition) is 1. The standard InChI is InChI=1S/C9H4Br2IN/c10-7-4-13-8-2-1-5(12)3-6(8)9(7)11/h1-4H. The Morgan fingerprint density at radius 1 is 1.23 bits per heavy atom. The first-order valence-electron chi connectivity index (χ1n) is 3.58. The van der Waals surface area contributed by atoms with Crippen LogP contribution in [0, 0.1) is 3.57 Å². The van der Waals surface area contributed by atoms with Crippen molar-refractivity contribution in [1.82, 2.24) is 4.98 Å². The molecule has 0 aliphatic rings. The van der Waals surface area contributed by atoms with E-state index in [0.717, 1.165) is 19.8 Å². The van der Waals surface area contributed by atoms with Crippen molar-refractivity contribution in [3.05, 3.63) is 36.9 Å². The minimum Gasteiger partial charge on any atom is -0.255 e. The maximum atomic E-state index is 4.30. The third-order valence-electron chi connectivity index (χ3n) is 1.72. The molecular weight excluding hydrogens is 409 g/mol. The highest BCUT2D eigenvalue weighted by Crippen LogP contribution is 2.30. The van der Waals surface area contributed by atoms with Crippen molar-refractivity contribution in [2.45, 2.75) is 0 Å². The van der Waals surface area contributed by atoms with Crippen LogP contribution in [0.15, 0.2) is 33.3 Å². The van der Waals surface area contributed by atoms with Gasteiger partial charge >= 0.3 is 0 Å². The van der Waals surface area contributed by atoms with Gasteiger partial charge in [0.25, 0.3) is 0 Å². The molecule has 0 spiro atoms. The smallest absolute Gasteiger partial charge is 0.0714 e. The Kier molecular flexibility index (Phi) is 2.90. The predicted molar refractivity (Wildman–Crippen MR) is 69.9 cm³/mol. The van der Waals surface area contributed by atoms with Crippen LogP contribution in [0.1, 0.15) is 0 Å². The van der Waals surface area contributed by atoms with Crippen LogP contribution in [0.4, 0.5) is 0 Å².